The van der Waals surface area contributed by atoms with Gasteiger partial charge < -0.3 is 5.73 Å². The zero-order valence-corrected chi connectivity index (χ0v) is 8.75. The molecule has 0 saturated heterocycles. The largest absolute Gasteiger partial charge is 0.386 e. The zero-order valence-electron chi connectivity index (χ0n) is 8.00. The highest BCUT2D eigenvalue weighted by atomic mass is 35.5. The van der Waals surface area contributed by atoms with E-state index in [4.69, 9.17) is 17.3 Å². The molecular weight excluding hydrogens is 198 g/mol. The zero-order chi connectivity index (χ0) is 10.1. The second-order valence-corrected chi connectivity index (χ2v) is 3.98. The van der Waals surface area contributed by atoms with Gasteiger partial charge in [0.05, 0.1) is 12.2 Å². The molecule has 0 radical (unpaired) electrons. The highest BCUT2D eigenvalue weighted by Gasteiger charge is 2.11. The Labute approximate surface area is 88.2 Å². The lowest BCUT2D eigenvalue weighted by Crippen LogP contribution is -2.28. The van der Waals surface area contributed by atoms with Crippen molar-refractivity contribution in [2.75, 3.05) is 13.6 Å². The van der Waals surface area contributed by atoms with Crippen LogP contribution in [-0.2, 0) is 6.54 Å². The second kappa shape index (κ2) is 3.59. The molecule has 0 spiro atoms. The van der Waals surface area contributed by atoms with E-state index in [1.54, 1.807) is 0 Å². The molecule has 0 fully saturated rings. The van der Waals surface area contributed by atoms with Gasteiger partial charge in [-0.05, 0) is 30.8 Å². The molecule has 2 N–H and O–H groups in total. The summed E-state index contributed by atoms with van der Waals surface area (Å²) >= 11 is 5.92. The van der Waals surface area contributed by atoms with Gasteiger partial charge in [-0.1, -0.05) is 11.6 Å². The van der Waals surface area contributed by atoms with Crippen LogP contribution in [0.1, 0.15) is 5.56 Å². The van der Waals surface area contributed by atoms with Crippen molar-refractivity contribution >= 4 is 23.1 Å². The fraction of sp³-hybridized carbons (Fsp3) is 0.300. The van der Waals surface area contributed by atoms with Gasteiger partial charge in [0.25, 0.3) is 0 Å². The summed E-state index contributed by atoms with van der Waals surface area (Å²) in [7, 11) is 2.01. The predicted octanol–water partition coefficient (Wildman–Crippen LogP) is 1.77. The maximum atomic E-state index is 5.92. The molecule has 74 valence electrons. The summed E-state index contributed by atoms with van der Waals surface area (Å²) in [6.07, 6.45) is 0. The Balaban J connectivity index is 2.48. The fourth-order valence-electron chi connectivity index (χ4n) is 1.60. The van der Waals surface area contributed by atoms with Crippen molar-refractivity contribution in [3.8, 4) is 0 Å². The van der Waals surface area contributed by atoms with Crippen molar-refractivity contribution in [1.29, 1.82) is 0 Å². The second-order valence-electron chi connectivity index (χ2n) is 3.55. The first-order valence-electron chi connectivity index (χ1n) is 4.45. The number of hydrogen-bond acceptors (Lipinski definition) is 3. The van der Waals surface area contributed by atoms with Crippen molar-refractivity contribution in [3.63, 3.8) is 0 Å². The molecule has 0 saturated carbocycles. The van der Waals surface area contributed by atoms with Gasteiger partial charge in [-0.15, -0.1) is 0 Å². The van der Waals surface area contributed by atoms with Gasteiger partial charge >= 0.3 is 0 Å². The molecule has 1 heterocycles. The molecular formula is C10H12ClN3. The first-order chi connectivity index (χ1) is 6.65. The Morgan fingerprint density at radius 2 is 2.21 bits per heavy atom. The molecule has 0 aromatic heterocycles. The van der Waals surface area contributed by atoms with E-state index >= 15 is 0 Å². The molecule has 0 aliphatic carbocycles. The average Bonchev–Trinajstić information content (AvgIpc) is 2.21. The number of likely N-dealkylation sites (N-methyl/N-ethyl adjacent to an activating group) is 1. The van der Waals surface area contributed by atoms with Gasteiger partial charge in [0, 0.05) is 11.6 Å². The summed E-state index contributed by atoms with van der Waals surface area (Å²) in [5.41, 5.74) is 7.81. The Hall–Kier alpha value is -1.06. The molecule has 0 amide bonds. The third-order valence-corrected chi connectivity index (χ3v) is 2.41. The van der Waals surface area contributed by atoms with Crippen LogP contribution >= 0.6 is 11.6 Å². The Bertz CT molecular complexity index is 387. The van der Waals surface area contributed by atoms with Crippen LogP contribution < -0.4 is 5.73 Å². The van der Waals surface area contributed by atoms with Gasteiger partial charge in [-0.25, -0.2) is 4.99 Å². The highest BCUT2D eigenvalue weighted by Crippen LogP contribution is 2.25. The summed E-state index contributed by atoms with van der Waals surface area (Å²) in [6.45, 7) is 1.53. The smallest absolute Gasteiger partial charge is 0.114 e. The van der Waals surface area contributed by atoms with Gasteiger partial charge in [0.15, 0.2) is 0 Å². The van der Waals surface area contributed by atoms with Crippen LogP contribution in [0.15, 0.2) is 23.2 Å². The van der Waals surface area contributed by atoms with Crippen molar-refractivity contribution < 1.29 is 0 Å². The molecule has 1 aromatic rings. The van der Waals surface area contributed by atoms with Gasteiger partial charge in [-0.2, -0.15) is 0 Å². The molecule has 4 heteroatoms. The van der Waals surface area contributed by atoms with Crippen LogP contribution in [-0.4, -0.2) is 24.3 Å². The first kappa shape index (κ1) is 9.49. The van der Waals surface area contributed by atoms with E-state index in [0.29, 0.717) is 12.4 Å². The van der Waals surface area contributed by atoms with Crippen LogP contribution in [0.2, 0.25) is 5.02 Å². The van der Waals surface area contributed by atoms with Crippen molar-refractivity contribution in [1.82, 2.24) is 4.90 Å². The van der Waals surface area contributed by atoms with E-state index in [-0.39, 0.29) is 0 Å². The van der Waals surface area contributed by atoms with Crippen LogP contribution in [0, 0.1) is 0 Å². The molecule has 2 rings (SSSR count). The van der Waals surface area contributed by atoms with Crippen molar-refractivity contribution in [2.45, 2.75) is 6.54 Å². The lowest BCUT2D eigenvalue weighted by molar-refractivity contribution is 0.376. The minimum Gasteiger partial charge on any atom is -0.386 e. The number of amidine groups is 1. The topological polar surface area (TPSA) is 41.6 Å². The highest BCUT2D eigenvalue weighted by molar-refractivity contribution is 6.30. The van der Waals surface area contributed by atoms with Crippen LogP contribution in [0.5, 0.6) is 0 Å². The summed E-state index contributed by atoms with van der Waals surface area (Å²) in [5, 5.41) is 0.743. The number of benzene rings is 1. The van der Waals surface area contributed by atoms with Crippen molar-refractivity contribution in [2.24, 2.45) is 10.7 Å². The molecule has 1 aromatic carbocycles. The van der Waals surface area contributed by atoms with Gasteiger partial charge in [0.2, 0.25) is 0 Å². The maximum absolute atomic E-state index is 5.92. The summed E-state index contributed by atoms with van der Waals surface area (Å²) in [4.78, 5) is 6.44. The average molecular weight is 210 g/mol. The van der Waals surface area contributed by atoms with E-state index in [9.17, 15) is 0 Å². The Kier molecular flexibility index (Phi) is 2.44. The summed E-state index contributed by atoms with van der Waals surface area (Å²) < 4.78 is 0. The van der Waals surface area contributed by atoms with E-state index in [2.05, 4.69) is 9.89 Å². The molecule has 14 heavy (non-hydrogen) atoms. The van der Waals surface area contributed by atoms with Crippen molar-refractivity contribution in [3.05, 3.63) is 28.8 Å². The molecule has 1 aliphatic rings. The lowest BCUT2D eigenvalue weighted by Gasteiger charge is -2.13. The minimum absolute atomic E-state index is 0.647. The number of rotatable bonds is 0. The van der Waals surface area contributed by atoms with E-state index in [0.717, 1.165) is 22.8 Å². The standard InChI is InChI=1S/C10H12ClN3/c1-14-5-7-4-8(11)2-3-9(7)13-10(12)6-14/h2-4H,5-6H2,1H3,(H2,12,13). The number of nitrogens with two attached hydrogens (primary N) is 1. The van der Waals surface area contributed by atoms with Gasteiger partial charge in [-0.3, -0.25) is 4.90 Å². The molecule has 0 unspecified atom stereocenters. The first-order valence-corrected chi connectivity index (χ1v) is 4.83. The lowest BCUT2D eigenvalue weighted by atomic mass is 10.2. The minimum atomic E-state index is 0.647. The summed E-state index contributed by atoms with van der Waals surface area (Å²) in [5.74, 6) is 0.647. The predicted molar refractivity (Wildman–Crippen MR) is 59.1 cm³/mol. The monoisotopic (exact) mass is 209 g/mol. The van der Waals surface area contributed by atoms with Gasteiger partial charge in [0.1, 0.15) is 5.84 Å². The van der Waals surface area contributed by atoms with E-state index in [1.165, 1.54) is 0 Å². The Morgan fingerprint density at radius 3 is 3.00 bits per heavy atom. The van der Waals surface area contributed by atoms with Crippen LogP contribution in [0.25, 0.3) is 0 Å². The number of halogens is 1. The normalized spacial score (nSPS) is 17.1. The number of aliphatic imine (C=N–C) groups is 1. The molecule has 1 aliphatic heterocycles. The summed E-state index contributed by atoms with van der Waals surface area (Å²) in [6, 6.07) is 5.68. The molecule has 0 bridgehead atoms. The Morgan fingerprint density at radius 1 is 1.43 bits per heavy atom. The van der Waals surface area contributed by atoms with E-state index in [1.807, 2.05) is 25.2 Å². The molecule has 0 atom stereocenters. The van der Waals surface area contributed by atoms with E-state index < -0.39 is 0 Å². The third kappa shape index (κ3) is 1.89. The van der Waals surface area contributed by atoms with Crippen LogP contribution in [0.3, 0.4) is 0 Å². The third-order valence-electron chi connectivity index (χ3n) is 2.18. The number of hydrogen-bond donors (Lipinski definition) is 1. The quantitative estimate of drug-likeness (QED) is 0.708. The maximum Gasteiger partial charge on any atom is 0.114 e. The number of fused-ring (bicyclic) bond motifs is 1. The fourth-order valence-corrected chi connectivity index (χ4v) is 1.80. The van der Waals surface area contributed by atoms with Crippen LogP contribution in [0.4, 0.5) is 5.69 Å². The molecule has 3 nitrogen and oxygen atoms in total. The SMILES string of the molecule is CN1CC(N)=Nc2ccc(Cl)cc2C1. The number of nitrogens with zero attached hydrogens (tertiary/aromatic N) is 2.